The van der Waals surface area contributed by atoms with Gasteiger partial charge in [-0.15, -0.1) is 0 Å². The van der Waals surface area contributed by atoms with Gasteiger partial charge in [0.25, 0.3) is 11.8 Å². The van der Waals surface area contributed by atoms with Crippen molar-refractivity contribution in [3.63, 3.8) is 0 Å². The summed E-state index contributed by atoms with van der Waals surface area (Å²) < 4.78 is 5.58. The maximum atomic E-state index is 12.5. The number of benzene rings is 3. The Morgan fingerprint density at radius 1 is 0.906 bits per heavy atom. The van der Waals surface area contributed by atoms with Crippen LogP contribution in [0.15, 0.2) is 78.4 Å². The molecule has 0 spiro atoms. The molecule has 0 unspecified atom stereocenters. The van der Waals surface area contributed by atoms with Gasteiger partial charge in [0, 0.05) is 11.4 Å². The Kier molecular flexibility index (Phi) is 7.39. The van der Waals surface area contributed by atoms with E-state index in [-0.39, 0.29) is 18.1 Å². The Balaban J connectivity index is 1.65. The molecule has 0 aromatic heterocycles. The number of nitrogens with zero attached hydrogens (tertiary/aromatic N) is 1. The fourth-order valence-electron chi connectivity index (χ4n) is 2.96. The van der Waals surface area contributed by atoms with Crippen LogP contribution >= 0.6 is 0 Å². The number of para-hydroxylation sites is 2. The van der Waals surface area contributed by atoms with Crippen LogP contribution in [0.2, 0.25) is 0 Å². The first-order valence-electron chi connectivity index (χ1n) is 10.0. The molecule has 6 heteroatoms. The first-order chi connectivity index (χ1) is 15.5. The predicted octanol–water partition coefficient (Wildman–Crippen LogP) is 4.87. The van der Waals surface area contributed by atoms with Crippen LogP contribution in [0.5, 0.6) is 5.75 Å². The third kappa shape index (κ3) is 6.07. The minimum Gasteiger partial charge on any atom is -0.484 e. The molecule has 0 heterocycles. The van der Waals surface area contributed by atoms with E-state index >= 15 is 0 Å². The molecule has 0 aliphatic carbocycles. The molecule has 0 aliphatic heterocycles. The smallest absolute Gasteiger partial charge is 0.266 e. The van der Waals surface area contributed by atoms with Gasteiger partial charge < -0.3 is 15.4 Å². The largest absolute Gasteiger partial charge is 0.484 e. The Bertz CT molecular complexity index is 1210. The number of rotatable bonds is 7. The first-order valence-corrected chi connectivity index (χ1v) is 10.0. The van der Waals surface area contributed by atoms with Crippen molar-refractivity contribution in [1.82, 2.24) is 0 Å². The number of carbonyl (C=O) groups excluding carboxylic acids is 2. The summed E-state index contributed by atoms with van der Waals surface area (Å²) in [4.78, 5) is 24.7. The normalized spacial score (nSPS) is 10.7. The molecule has 0 saturated heterocycles. The fourth-order valence-corrected chi connectivity index (χ4v) is 2.96. The molecule has 160 valence electrons. The lowest BCUT2D eigenvalue weighted by atomic mass is 10.1. The standard InChI is InChI=1S/C26H23N3O3/c1-18-8-3-5-12-23(18)28-25(30)17-32-22-11-7-10-20(15-22)14-21(16-27)26(31)29-24-13-6-4-9-19(24)2/h3-15H,17H2,1-2H3,(H,28,30)(H,29,31)/b21-14-. The van der Waals surface area contributed by atoms with Gasteiger partial charge in [-0.2, -0.15) is 5.26 Å². The highest BCUT2D eigenvalue weighted by molar-refractivity contribution is 6.10. The second-order valence-electron chi connectivity index (χ2n) is 7.16. The second-order valence-corrected chi connectivity index (χ2v) is 7.16. The Morgan fingerprint density at radius 3 is 2.16 bits per heavy atom. The lowest BCUT2D eigenvalue weighted by Gasteiger charge is -2.10. The van der Waals surface area contributed by atoms with E-state index in [9.17, 15) is 14.9 Å². The van der Waals surface area contributed by atoms with Crippen molar-refractivity contribution < 1.29 is 14.3 Å². The monoisotopic (exact) mass is 425 g/mol. The number of nitriles is 1. The van der Waals surface area contributed by atoms with E-state index in [4.69, 9.17) is 4.74 Å². The third-order valence-electron chi connectivity index (χ3n) is 4.72. The van der Waals surface area contributed by atoms with Gasteiger partial charge in [-0.25, -0.2) is 0 Å². The van der Waals surface area contributed by atoms with Crippen molar-refractivity contribution in [2.45, 2.75) is 13.8 Å². The maximum Gasteiger partial charge on any atom is 0.266 e. The number of carbonyl (C=O) groups is 2. The average Bonchev–Trinajstić information content (AvgIpc) is 2.79. The minimum absolute atomic E-state index is 0.0392. The number of ether oxygens (including phenoxy) is 1. The van der Waals surface area contributed by atoms with Crippen LogP contribution in [0.1, 0.15) is 16.7 Å². The highest BCUT2D eigenvalue weighted by Crippen LogP contribution is 2.19. The average molecular weight is 425 g/mol. The zero-order valence-corrected chi connectivity index (χ0v) is 17.9. The van der Waals surface area contributed by atoms with Crippen molar-refractivity contribution in [1.29, 1.82) is 5.26 Å². The highest BCUT2D eigenvalue weighted by atomic mass is 16.5. The van der Waals surface area contributed by atoms with Gasteiger partial charge in [-0.05, 0) is 60.9 Å². The molecule has 0 atom stereocenters. The van der Waals surface area contributed by atoms with Gasteiger partial charge in [0.2, 0.25) is 0 Å². The van der Waals surface area contributed by atoms with Crippen LogP contribution in [0, 0.1) is 25.2 Å². The van der Waals surface area contributed by atoms with E-state index in [0.29, 0.717) is 17.0 Å². The molecule has 0 bridgehead atoms. The predicted molar refractivity (Wildman–Crippen MR) is 125 cm³/mol. The summed E-state index contributed by atoms with van der Waals surface area (Å²) in [6, 6.07) is 23.6. The number of amides is 2. The van der Waals surface area contributed by atoms with Crippen LogP contribution in [-0.4, -0.2) is 18.4 Å². The van der Waals surface area contributed by atoms with Crippen LogP contribution in [0.3, 0.4) is 0 Å². The van der Waals surface area contributed by atoms with Gasteiger partial charge in [0.1, 0.15) is 17.4 Å². The van der Waals surface area contributed by atoms with Crippen molar-refractivity contribution in [2.24, 2.45) is 0 Å². The quantitative estimate of drug-likeness (QED) is 0.417. The molecule has 3 rings (SSSR count). The summed E-state index contributed by atoms with van der Waals surface area (Å²) >= 11 is 0. The molecular formula is C26H23N3O3. The van der Waals surface area contributed by atoms with E-state index < -0.39 is 5.91 Å². The molecule has 0 radical (unpaired) electrons. The molecule has 3 aromatic carbocycles. The van der Waals surface area contributed by atoms with Crippen LogP contribution in [0.25, 0.3) is 6.08 Å². The number of anilines is 2. The molecular weight excluding hydrogens is 402 g/mol. The molecule has 6 nitrogen and oxygen atoms in total. The summed E-state index contributed by atoms with van der Waals surface area (Å²) in [6.45, 7) is 3.62. The van der Waals surface area contributed by atoms with Crippen molar-refractivity contribution in [2.75, 3.05) is 17.2 Å². The lowest BCUT2D eigenvalue weighted by Crippen LogP contribution is -2.20. The summed E-state index contributed by atoms with van der Waals surface area (Å²) in [5.74, 6) is -0.323. The number of aryl methyl sites for hydroxylation is 2. The van der Waals surface area contributed by atoms with E-state index in [1.165, 1.54) is 6.08 Å². The van der Waals surface area contributed by atoms with Gasteiger partial charge in [0.15, 0.2) is 6.61 Å². The van der Waals surface area contributed by atoms with Gasteiger partial charge >= 0.3 is 0 Å². The molecule has 2 N–H and O–H groups in total. The van der Waals surface area contributed by atoms with Crippen molar-refractivity contribution in [3.05, 3.63) is 95.1 Å². The summed E-state index contributed by atoms with van der Waals surface area (Å²) in [6.07, 6.45) is 1.48. The molecule has 0 saturated carbocycles. The molecule has 2 amide bonds. The zero-order valence-electron chi connectivity index (χ0n) is 17.9. The first kappa shape index (κ1) is 22.3. The summed E-state index contributed by atoms with van der Waals surface area (Å²) in [7, 11) is 0. The molecule has 3 aromatic rings. The molecule has 32 heavy (non-hydrogen) atoms. The van der Waals surface area contributed by atoms with Crippen molar-refractivity contribution >= 4 is 29.3 Å². The van der Waals surface area contributed by atoms with Crippen LogP contribution in [-0.2, 0) is 9.59 Å². The van der Waals surface area contributed by atoms with E-state index in [0.717, 1.165) is 16.8 Å². The number of hydrogen-bond donors (Lipinski definition) is 2. The van der Waals surface area contributed by atoms with E-state index in [1.807, 2.05) is 62.4 Å². The van der Waals surface area contributed by atoms with E-state index in [2.05, 4.69) is 10.6 Å². The van der Waals surface area contributed by atoms with Gasteiger partial charge in [-0.3, -0.25) is 9.59 Å². The number of hydrogen-bond acceptors (Lipinski definition) is 4. The topological polar surface area (TPSA) is 91.2 Å². The summed E-state index contributed by atoms with van der Waals surface area (Å²) in [5.41, 5.74) is 3.81. The van der Waals surface area contributed by atoms with Crippen molar-refractivity contribution in [3.8, 4) is 11.8 Å². The Labute approximate surface area is 187 Å². The molecule has 0 aliphatic rings. The van der Waals surface area contributed by atoms with E-state index in [1.54, 1.807) is 30.3 Å². The number of nitrogens with one attached hydrogen (secondary N) is 2. The summed E-state index contributed by atoms with van der Waals surface area (Å²) in [5, 5.41) is 15.0. The second kappa shape index (κ2) is 10.6. The Morgan fingerprint density at radius 2 is 1.53 bits per heavy atom. The minimum atomic E-state index is -0.495. The maximum absolute atomic E-state index is 12.5. The zero-order chi connectivity index (χ0) is 22.9. The fraction of sp³-hybridized carbons (Fsp3) is 0.115. The Hall–Kier alpha value is -4.37. The SMILES string of the molecule is Cc1ccccc1NC(=O)COc1cccc(/C=C(/C#N)C(=O)Nc2ccccc2C)c1. The highest BCUT2D eigenvalue weighted by Gasteiger charge is 2.11. The van der Waals surface area contributed by atoms with Crippen LogP contribution in [0.4, 0.5) is 11.4 Å². The van der Waals surface area contributed by atoms with Crippen LogP contribution < -0.4 is 15.4 Å². The lowest BCUT2D eigenvalue weighted by molar-refractivity contribution is -0.118. The molecule has 0 fully saturated rings. The third-order valence-corrected chi connectivity index (χ3v) is 4.72. The van der Waals surface area contributed by atoms with Gasteiger partial charge in [-0.1, -0.05) is 48.5 Å². The van der Waals surface area contributed by atoms with Gasteiger partial charge in [0.05, 0.1) is 0 Å².